The lowest BCUT2D eigenvalue weighted by molar-refractivity contribution is -0.156. The van der Waals surface area contributed by atoms with E-state index in [1.165, 1.54) is 25.7 Å². The van der Waals surface area contributed by atoms with Crippen molar-refractivity contribution in [3.05, 3.63) is 23.3 Å². The first-order valence-corrected chi connectivity index (χ1v) is 9.91. The molecule has 2 aliphatic carbocycles. The molecule has 2 heterocycles. The second-order valence-corrected chi connectivity index (χ2v) is 9.99. The number of phenols is 1. The van der Waals surface area contributed by atoms with Crippen LogP contribution >= 0.6 is 0 Å². The molecule has 1 aromatic rings. The van der Waals surface area contributed by atoms with Gasteiger partial charge >= 0.3 is 0 Å². The molecule has 1 aromatic carbocycles. The highest BCUT2D eigenvalue weighted by Crippen LogP contribution is 2.71. The second-order valence-electron chi connectivity index (χ2n) is 9.99. The molecule has 0 unspecified atom stereocenters. The van der Waals surface area contributed by atoms with Crippen LogP contribution in [0.15, 0.2) is 12.1 Å². The fourth-order valence-corrected chi connectivity index (χ4v) is 7.20. The van der Waals surface area contributed by atoms with Crippen LogP contribution in [0.3, 0.4) is 0 Å². The van der Waals surface area contributed by atoms with Crippen molar-refractivity contribution in [2.75, 3.05) is 6.61 Å². The number of ether oxygens (including phenoxy) is 2. The van der Waals surface area contributed by atoms with E-state index in [1.54, 1.807) is 0 Å². The molecule has 1 saturated heterocycles. The van der Waals surface area contributed by atoms with Gasteiger partial charge in [-0.1, -0.05) is 20.3 Å². The Morgan fingerprint density at radius 2 is 1.92 bits per heavy atom. The minimum absolute atomic E-state index is 0.0222. The molecule has 2 aliphatic heterocycles. The lowest BCUT2D eigenvalue weighted by Crippen LogP contribution is -2.61. The first-order valence-electron chi connectivity index (χ1n) is 9.91. The Labute approximate surface area is 150 Å². The highest BCUT2D eigenvalue weighted by Gasteiger charge is 2.69. The quantitative estimate of drug-likeness (QED) is 0.709. The summed E-state index contributed by atoms with van der Waals surface area (Å²) in [6, 6.07) is 3.92. The topological polar surface area (TPSA) is 38.7 Å². The van der Waals surface area contributed by atoms with Crippen molar-refractivity contribution < 1.29 is 14.6 Å². The first-order chi connectivity index (χ1) is 11.8. The molecule has 2 saturated carbocycles. The van der Waals surface area contributed by atoms with Crippen LogP contribution in [0.1, 0.15) is 70.1 Å². The standard InChI is InChI=1S/C22H30O3/c1-13-10-14(23)17-15(11-13)25-21(4)9-6-16-20(2,3)7-5-8-22(16)12-24-18(17)19(21)22/h10-11,16,18-19,23H,5-9,12H2,1-4H3/t16-,18-,19+,21-,22+/m1/s1. The molecule has 25 heavy (non-hydrogen) atoms. The zero-order chi connectivity index (χ0) is 17.6. The van der Waals surface area contributed by atoms with Gasteiger partial charge in [0.15, 0.2) is 0 Å². The SMILES string of the molecule is Cc1cc(O)c2c(c1)O[C@]1(C)CC[C@@H]3C(C)(C)CCC[C@]34CO[C@H]2[C@H]41. The van der Waals surface area contributed by atoms with Gasteiger partial charge in [-0.3, -0.25) is 0 Å². The molecule has 0 bridgehead atoms. The van der Waals surface area contributed by atoms with Crippen molar-refractivity contribution in [2.24, 2.45) is 22.7 Å². The van der Waals surface area contributed by atoms with Crippen LogP contribution in [0, 0.1) is 29.6 Å². The molecule has 0 aromatic heterocycles. The number of rotatable bonds is 0. The van der Waals surface area contributed by atoms with Crippen LogP contribution in [-0.4, -0.2) is 17.3 Å². The first kappa shape index (κ1) is 16.0. The predicted molar refractivity (Wildman–Crippen MR) is 96.8 cm³/mol. The van der Waals surface area contributed by atoms with Gasteiger partial charge in [-0.2, -0.15) is 0 Å². The van der Waals surface area contributed by atoms with Crippen molar-refractivity contribution in [2.45, 2.75) is 71.5 Å². The van der Waals surface area contributed by atoms with Crippen molar-refractivity contribution in [1.82, 2.24) is 0 Å². The van der Waals surface area contributed by atoms with E-state index >= 15 is 0 Å². The van der Waals surface area contributed by atoms with Gasteiger partial charge in [0.1, 0.15) is 17.1 Å². The van der Waals surface area contributed by atoms with E-state index in [-0.39, 0.29) is 17.1 Å². The monoisotopic (exact) mass is 342 g/mol. The summed E-state index contributed by atoms with van der Waals surface area (Å²) < 4.78 is 13.1. The Morgan fingerprint density at radius 3 is 2.72 bits per heavy atom. The average Bonchev–Trinajstić information content (AvgIpc) is 2.86. The van der Waals surface area contributed by atoms with Crippen LogP contribution in [0.5, 0.6) is 11.5 Å². The lowest BCUT2D eigenvalue weighted by Gasteiger charge is -2.61. The van der Waals surface area contributed by atoms with E-state index in [0.717, 1.165) is 29.9 Å². The van der Waals surface area contributed by atoms with Gasteiger partial charge in [-0.05, 0) is 68.6 Å². The number of aryl methyl sites for hydroxylation is 1. The summed E-state index contributed by atoms with van der Waals surface area (Å²) in [7, 11) is 0. The predicted octanol–water partition coefficient (Wildman–Crippen LogP) is 5.15. The maximum atomic E-state index is 10.7. The van der Waals surface area contributed by atoms with E-state index in [9.17, 15) is 5.11 Å². The molecule has 4 aliphatic rings. The minimum atomic E-state index is -0.182. The largest absolute Gasteiger partial charge is 0.507 e. The molecule has 136 valence electrons. The molecule has 3 heteroatoms. The molecular weight excluding hydrogens is 312 g/mol. The summed E-state index contributed by atoms with van der Waals surface area (Å²) in [6.45, 7) is 10.0. The maximum absolute atomic E-state index is 10.7. The molecule has 0 radical (unpaired) electrons. The van der Waals surface area contributed by atoms with Gasteiger partial charge in [0.2, 0.25) is 0 Å². The van der Waals surface area contributed by atoms with Gasteiger partial charge in [0.25, 0.3) is 0 Å². The second kappa shape index (κ2) is 4.73. The van der Waals surface area contributed by atoms with Gasteiger partial charge in [-0.15, -0.1) is 0 Å². The van der Waals surface area contributed by atoms with E-state index in [4.69, 9.17) is 9.47 Å². The molecule has 1 spiro atoms. The lowest BCUT2D eigenvalue weighted by atomic mass is 9.44. The van der Waals surface area contributed by atoms with E-state index in [1.807, 2.05) is 13.0 Å². The van der Waals surface area contributed by atoms with Crippen molar-refractivity contribution >= 4 is 0 Å². The van der Waals surface area contributed by atoms with Crippen LogP contribution in [-0.2, 0) is 4.74 Å². The molecule has 3 fully saturated rings. The van der Waals surface area contributed by atoms with Crippen LogP contribution in [0.4, 0.5) is 0 Å². The summed E-state index contributed by atoms with van der Waals surface area (Å²) in [5.41, 5.74) is 2.33. The minimum Gasteiger partial charge on any atom is -0.507 e. The molecule has 3 nitrogen and oxygen atoms in total. The van der Waals surface area contributed by atoms with Gasteiger partial charge < -0.3 is 14.6 Å². The smallest absolute Gasteiger partial charge is 0.129 e. The average molecular weight is 342 g/mol. The Kier molecular flexibility index (Phi) is 3.03. The maximum Gasteiger partial charge on any atom is 0.129 e. The third-order valence-electron chi connectivity index (χ3n) is 8.03. The van der Waals surface area contributed by atoms with Gasteiger partial charge in [0, 0.05) is 11.3 Å². The van der Waals surface area contributed by atoms with Crippen LogP contribution in [0.25, 0.3) is 0 Å². The fraction of sp³-hybridized carbons (Fsp3) is 0.727. The Balaban J connectivity index is 1.69. The Bertz CT molecular complexity index is 739. The third-order valence-corrected chi connectivity index (χ3v) is 8.03. The Hall–Kier alpha value is -1.22. The molecule has 5 rings (SSSR count). The number of hydrogen-bond donors (Lipinski definition) is 1. The summed E-state index contributed by atoms with van der Waals surface area (Å²) in [5.74, 6) is 2.22. The zero-order valence-electron chi connectivity index (χ0n) is 15.9. The highest BCUT2D eigenvalue weighted by atomic mass is 16.5. The van der Waals surface area contributed by atoms with E-state index in [2.05, 4.69) is 26.8 Å². The molecule has 1 N–H and O–H groups in total. The summed E-state index contributed by atoms with van der Waals surface area (Å²) in [5, 5.41) is 10.7. The highest BCUT2D eigenvalue weighted by molar-refractivity contribution is 5.51. The number of benzene rings is 1. The normalized spacial score (nSPS) is 43.6. The summed E-state index contributed by atoms with van der Waals surface area (Å²) in [4.78, 5) is 0. The number of fused-ring (bicyclic) bond motifs is 2. The van der Waals surface area contributed by atoms with Gasteiger partial charge in [0.05, 0.1) is 18.3 Å². The number of aromatic hydroxyl groups is 1. The Morgan fingerprint density at radius 1 is 1.12 bits per heavy atom. The van der Waals surface area contributed by atoms with E-state index in [0.29, 0.717) is 23.0 Å². The fourth-order valence-electron chi connectivity index (χ4n) is 7.20. The number of phenolic OH excluding ortho intramolecular Hbond substituents is 1. The number of hydrogen-bond acceptors (Lipinski definition) is 3. The molecular formula is C22H30O3. The third kappa shape index (κ3) is 1.91. The summed E-state index contributed by atoms with van der Waals surface area (Å²) in [6.07, 6.45) is 6.12. The summed E-state index contributed by atoms with van der Waals surface area (Å²) >= 11 is 0. The van der Waals surface area contributed by atoms with Crippen molar-refractivity contribution in [3.8, 4) is 11.5 Å². The van der Waals surface area contributed by atoms with Gasteiger partial charge in [-0.25, -0.2) is 0 Å². The van der Waals surface area contributed by atoms with E-state index < -0.39 is 0 Å². The zero-order valence-corrected chi connectivity index (χ0v) is 15.9. The van der Waals surface area contributed by atoms with Crippen LogP contribution < -0.4 is 4.74 Å². The van der Waals surface area contributed by atoms with Crippen molar-refractivity contribution in [3.63, 3.8) is 0 Å². The van der Waals surface area contributed by atoms with Crippen LogP contribution in [0.2, 0.25) is 0 Å². The molecule has 0 amide bonds. The van der Waals surface area contributed by atoms with Crippen molar-refractivity contribution in [1.29, 1.82) is 0 Å². The molecule has 5 atom stereocenters.